The second kappa shape index (κ2) is 14.5. The standard InChI is InChI=1S/C33H28ClN3O9S/c1-18(38)45-15-21-17-47-32-27(31(42)37(32)28(21)33(43)44)36-30(41)26(19-8-4-2-5-9-19)35-25(39)16-46-24-13-12-22(34)14-23(24)29(40)20-10-6-3-7-11-20/h2-14,26-27,32H,15-17H2,1H3,(H,35,39)(H,36,41)(H,43,44)/t26-,27+,32+/m0/s1. The van der Waals surface area contributed by atoms with Crippen LogP contribution in [0.1, 0.15) is 34.5 Å². The van der Waals surface area contributed by atoms with Gasteiger partial charge in [-0.2, -0.15) is 0 Å². The Kier molecular flexibility index (Phi) is 10.3. The smallest absolute Gasteiger partial charge is 0.352 e. The van der Waals surface area contributed by atoms with Crippen molar-refractivity contribution in [2.45, 2.75) is 24.4 Å². The van der Waals surface area contributed by atoms with Crippen LogP contribution in [-0.4, -0.2) is 75.8 Å². The summed E-state index contributed by atoms with van der Waals surface area (Å²) in [7, 11) is 0. The Morgan fingerprint density at radius 3 is 2.36 bits per heavy atom. The number of ketones is 1. The minimum Gasteiger partial charge on any atom is -0.483 e. The van der Waals surface area contributed by atoms with Crippen molar-refractivity contribution in [1.82, 2.24) is 15.5 Å². The number of amides is 3. The third kappa shape index (κ3) is 7.47. The van der Waals surface area contributed by atoms with Crippen molar-refractivity contribution in [3.05, 3.63) is 112 Å². The SMILES string of the molecule is CC(=O)OCC1=C(C(=O)O)N2C(=O)[C@@H](NC(=O)[C@@H](NC(=O)COc3ccc(Cl)cc3C(=O)c3ccccc3)c3ccccc3)[C@H]2SC1. The predicted molar refractivity (Wildman–Crippen MR) is 170 cm³/mol. The molecule has 3 N–H and O–H groups in total. The van der Waals surface area contributed by atoms with E-state index in [0.717, 1.165) is 4.90 Å². The molecule has 3 aromatic carbocycles. The molecule has 47 heavy (non-hydrogen) atoms. The van der Waals surface area contributed by atoms with Gasteiger partial charge in [-0.05, 0) is 23.8 Å². The van der Waals surface area contributed by atoms with Gasteiger partial charge in [0.15, 0.2) is 12.4 Å². The van der Waals surface area contributed by atoms with Gasteiger partial charge in [-0.1, -0.05) is 72.3 Å². The maximum absolute atomic E-state index is 13.6. The fourth-order valence-corrected chi connectivity index (χ4v) is 6.56. The molecule has 0 bridgehead atoms. The van der Waals surface area contributed by atoms with E-state index in [9.17, 15) is 33.9 Å². The van der Waals surface area contributed by atoms with Crippen LogP contribution in [0, 0.1) is 0 Å². The summed E-state index contributed by atoms with van der Waals surface area (Å²) in [6, 6.07) is 18.9. The zero-order chi connectivity index (χ0) is 33.7. The molecule has 242 valence electrons. The van der Waals surface area contributed by atoms with Crippen LogP contribution in [0.15, 0.2) is 90.1 Å². The number of nitrogens with zero attached hydrogens (tertiary/aromatic N) is 1. The van der Waals surface area contributed by atoms with Crippen LogP contribution in [-0.2, 0) is 28.7 Å². The zero-order valence-corrected chi connectivity index (χ0v) is 26.4. The van der Waals surface area contributed by atoms with Crippen LogP contribution >= 0.6 is 23.4 Å². The van der Waals surface area contributed by atoms with E-state index >= 15 is 0 Å². The molecule has 1 fully saturated rings. The topological polar surface area (TPSA) is 168 Å². The minimum absolute atomic E-state index is 0.115. The number of hydrogen-bond donors (Lipinski definition) is 3. The van der Waals surface area contributed by atoms with Crippen molar-refractivity contribution < 1.29 is 43.3 Å². The third-order valence-corrected chi connectivity index (χ3v) is 8.85. The number of nitrogens with one attached hydrogen (secondary N) is 2. The number of ether oxygens (including phenoxy) is 2. The van der Waals surface area contributed by atoms with Crippen LogP contribution in [0.2, 0.25) is 5.02 Å². The summed E-state index contributed by atoms with van der Waals surface area (Å²) < 4.78 is 10.7. The normalized spacial score (nSPS) is 17.5. The van der Waals surface area contributed by atoms with E-state index in [1.165, 1.54) is 36.9 Å². The summed E-state index contributed by atoms with van der Waals surface area (Å²) in [5.74, 6) is -4.10. The summed E-state index contributed by atoms with van der Waals surface area (Å²) >= 11 is 7.35. The van der Waals surface area contributed by atoms with E-state index in [0.29, 0.717) is 16.1 Å². The van der Waals surface area contributed by atoms with Crippen LogP contribution in [0.4, 0.5) is 0 Å². The van der Waals surface area contributed by atoms with Crippen molar-refractivity contribution in [3.63, 3.8) is 0 Å². The first-order valence-electron chi connectivity index (χ1n) is 14.2. The van der Waals surface area contributed by atoms with Gasteiger partial charge in [0.25, 0.3) is 11.8 Å². The number of fused-ring (bicyclic) bond motifs is 1. The molecule has 1 saturated heterocycles. The van der Waals surface area contributed by atoms with Gasteiger partial charge in [0.05, 0.1) is 5.56 Å². The Labute approximate surface area is 278 Å². The van der Waals surface area contributed by atoms with Gasteiger partial charge in [-0.3, -0.25) is 28.9 Å². The molecular formula is C33H28ClN3O9S. The zero-order valence-electron chi connectivity index (χ0n) is 24.8. The Morgan fingerprint density at radius 1 is 1.02 bits per heavy atom. The third-order valence-electron chi connectivity index (χ3n) is 7.28. The highest BCUT2D eigenvalue weighted by Crippen LogP contribution is 2.40. The van der Waals surface area contributed by atoms with Gasteiger partial charge in [0.2, 0.25) is 5.91 Å². The maximum Gasteiger partial charge on any atom is 0.352 e. The molecule has 2 aliphatic rings. The van der Waals surface area contributed by atoms with E-state index in [1.807, 2.05) is 0 Å². The lowest BCUT2D eigenvalue weighted by molar-refractivity contribution is -0.151. The monoisotopic (exact) mass is 677 g/mol. The molecule has 0 radical (unpaired) electrons. The molecule has 0 unspecified atom stereocenters. The highest BCUT2D eigenvalue weighted by molar-refractivity contribution is 8.00. The summed E-state index contributed by atoms with van der Waals surface area (Å²) in [6.45, 7) is 0.357. The van der Waals surface area contributed by atoms with Crippen molar-refractivity contribution in [3.8, 4) is 5.75 Å². The number of carboxylic acid groups (broad SMARTS) is 1. The van der Waals surface area contributed by atoms with Gasteiger partial charge >= 0.3 is 11.9 Å². The van der Waals surface area contributed by atoms with Crippen LogP contribution in [0.25, 0.3) is 0 Å². The number of carbonyl (C=O) groups is 6. The first-order valence-corrected chi connectivity index (χ1v) is 15.7. The number of esters is 1. The van der Waals surface area contributed by atoms with E-state index in [-0.39, 0.29) is 40.7 Å². The highest BCUT2D eigenvalue weighted by atomic mass is 35.5. The summed E-state index contributed by atoms with van der Waals surface area (Å²) in [5, 5.41) is 14.6. The Hall–Kier alpha value is -5.14. The number of hydrogen-bond acceptors (Lipinski definition) is 9. The molecule has 2 heterocycles. The van der Waals surface area contributed by atoms with Gasteiger partial charge in [0.1, 0.15) is 35.5 Å². The largest absolute Gasteiger partial charge is 0.483 e. The van der Waals surface area contributed by atoms with E-state index < -0.39 is 53.7 Å². The average molecular weight is 678 g/mol. The van der Waals surface area contributed by atoms with Gasteiger partial charge in [-0.25, -0.2) is 4.79 Å². The van der Waals surface area contributed by atoms with Gasteiger partial charge < -0.3 is 25.2 Å². The lowest BCUT2D eigenvalue weighted by Crippen LogP contribution is -2.71. The first-order chi connectivity index (χ1) is 22.5. The van der Waals surface area contributed by atoms with Crippen molar-refractivity contribution in [2.75, 3.05) is 19.0 Å². The molecule has 0 aromatic heterocycles. The quantitative estimate of drug-likeness (QED) is 0.147. The van der Waals surface area contributed by atoms with E-state index in [1.54, 1.807) is 60.7 Å². The van der Waals surface area contributed by atoms with Crippen molar-refractivity contribution >= 4 is 58.8 Å². The Morgan fingerprint density at radius 2 is 1.70 bits per heavy atom. The second-order valence-corrected chi connectivity index (χ2v) is 12.0. The van der Waals surface area contributed by atoms with Crippen LogP contribution in [0.5, 0.6) is 5.75 Å². The molecule has 0 aliphatic carbocycles. The maximum atomic E-state index is 13.6. The Balaban J connectivity index is 1.28. The summed E-state index contributed by atoms with van der Waals surface area (Å²) in [6.07, 6.45) is 0. The molecule has 3 aromatic rings. The van der Waals surface area contributed by atoms with Crippen LogP contribution in [0.3, 0.4) is 0 Å². The molecule has 14 heteroatoms. The summed E-state index contributed by atoms with van der Waals surface area (Å²) in [4.78, 5) is 77.3. The van der Waals surface area contributed by atoms with Crippen LogP contribution < -0.4 is 15.4 Å². The number of β-lactam (4-membered cyclic amide) rings is 1. The molecule has 0 saturated carbocycles. The second-order valence-electron chi connectivity index (χ2n) is 10.5. The number of benzene rings is 3. The number of rotatable bonds is 12. The van der Waals surface area contributed by atoms with Gasteiger partial charge in [-0.15, -0.1) is 11.8 Å². The van der Waals surface area contributed by atoms with Gasteiger partial charge in [0, 0.05) is 28.8 Å². The Bertz CT molecular complexity index is 1770. The molecule has 2 aliphatic heterocycles. The van der Waals surface area contributed by atoms with Crippen molar-refractivity contribution in [1.29, 1.82) is 0 Å². The van der Waals surface area contributed by atoms with Crippen molar-refractivity contribution in [2.24, 2.45) is 0 Å². The van der Waals surface area contributed by atoms with E-state index in [4.69, 9.17) is 21.1 Å². The molecular weight excluding hydrogens is 650 g/mol. The fraction of sp³-hybridized carbons (Fsp3) is 0.212. The molecule has 3 amide bonds. The highest BCUT2D eigenvalue weighted by Gasteiger charge is 2.54. The predicted octanol–water partition coefficient (Wildman–Crippen LogP) is 3.11. The number of carboxylic acids is 1. The number of halogens is 1. The summed E-state index contributed by atoms with van der Waals surface area (Å²) in [5.41, 5.74) is 0.938. The molecule has 0 spiro atoms. The van der Waals surface area contributed by atoms with E-state index in [2.05, 4.69) is 10.6 Å². The first kappa shape index (κ1) is 33.2. The number of aliphatic carboxylic acids is 1. The molecule has 5 rings (SSSR count). The number of thioether (sulfide) groups is 1. The molecule has 12 nitrogen and oxygen atoms in total. The minimum atomic E-state index is -1.36. The average Bonchev–Trinajstić information content (AvgIpc) is 3.07. The lowest BCUT2D eigenvalue weighted by Gasteiger charge is -2.49. The lowest BCUT2D eigenvalue weighted by atomic mass is 10.0. The fourth-order valence-electron chi connectivity index (χ4n) is 5.06. The number of carbonyl (C=O) groups excluding carboxylic acids is 5. The molecule has 3 atom stereocenters.